The van der Waals surface area contributed by atoms with Crippen LogP contribution in [0, 0.1) is 5.41 Å². The Balaban J connectivity index is 1.68. The van der Waals surface area contributed by atoms with E-state index in [-0.39, 0.29) is 11.8 Å². The number of hydrogen-bond acceptors (Lipinski definition) is 6. The molecule has 0 spiro atoms. The summed E-state index contributed by atoms with van der Waals surface area (Å²) in [5.41, 5.74) is 2.69. The molecule has 3 heterocycles. The second kappa shape index (κ2) is 9.72. The van der Waals surface area contributed by atoms with Gasteiger partial charge in [0.25, 0.3) is 5.91 Å². The van der Waals surface area contributed by atoms with Crippen LogP contribution >= 0.6 is 0 Å². The summed E-state index contributed by atoms with van der Waals surface area (Å²) >= 11 is 0. The van der Waals surface area contributed by atoms with Gasteiger partial charge in [0.2, 0.25) is 5.91 Å². The van der Waals surface area contributed by atoms with E-state index in [4.69, 9.17) is 4.98 Å². The Hall–Kier alpha value is -3.59. The molecule has 0 aliphatic carbocycles. The second-order valence-corrected chi connectivity index (χ2v) is 9.59. The van der Waals surface area contributed by atoms with Crippen molar-refractivity contribution < 1.29 is 9.59 Å². The molecule has 1 unspecified atom stereocenters. The Kier molecular flexibility index (Phi) is 6.74. The average molecular weight is 462 g/mol. The summed E-state index contributed by atoms with van der Waals surface area (Å²) in [7, 11) is 1.57. The van der Waals surface area contributed by atoms with E-state index in [1.165, 1.54) is 6.33 Å². The number of carbonyl (C=O) groups is 2. The zero-order valence-electron chi connectivity index (χ0n) is 20.1. The molecular weight excluding hydrogens is 430 g/mol. The van der Waals surface area contributed by atoms with Crippen LogP contribution in [0.2, 0.25) is 0 Å². The Morgan fingerprint density at radius 1 is 1.09 bits per heavy atom. The molecule has 1 atom stereocenters. The first-order chi connectivity index (χ1) is 16.3. The van der Waals surface area contributed by atoms with Gasteiger partial charge in [0.1, 0.15) is 18.2 Å². The Morgan fingerprint density at radius 2 is 1.79 bits per heavy atom. The highest BCUT2D eigenvalue weighted by atomic mass is 16.2. The summed E-state index contributed by atoms with van der Waals surface area (Å²) in [6.07, 6.45) is 5.12. The lowest BCUT2D eigenvalue weighted by Crippen LogP contribution is -2.53. The highest BCUT2D eigenvalue weighted by Gasteiger charge is 2.35. The van der Waals surface area contributed by atoms with Crippen LogP contribution < -0.4 is 10.6 Å². The van der Waals surface area contributed by atoms with E-state index in [9.17, 15) is 9.59 Å². The lowest BCUT2D eigenvalue weighted by atomic mass is 9.86. The summed E-state index contributed by atoms with van der Waals surface area (Å²) in [5.74, 6) is 0.179. The average Bonchev–Trinajstić information content (AvgIpc) is 3.21. The topological polar surface area (TPSA) is 105 Å². The summed E-state index contributed by atoms with van der Waals surface area (Å²) in [4.78, 5) is 41.3. The van der Waals surface area contributed by atoms with Gasteiger partial charge in [-0.15, -0.1) is 0 Å². The lowest BCUT2D eigenvalue weighted by Gasteiger charge is -2.31. The molecule has 4 rings (SSSR count). The van der Waals surface area contributed by atoms with Crippen molar-refractivity contribution in [3.63, 3.8) is 0 Å². The molecule has 0 saturated carbocycles. The van der Waals surface area contributed by atoms with E-state index in [1.54, 1.807) is 19.4 Å². The molecule has 0 saturated heterocycles. The first-order valence-electron chi connectivity index (χ1n) is 11.4. The number of imidazole rings is 1. The minimum atomic E-state index is -0.691. The molecule has 178 valence electrons. The van der Waals surface area contributed by atoms with Crippen LogP contribution in [-0.4, -0.2) is 55.9 Å². The van der Waals surface area contributed by atoms with Gasteiger partial charge >= 0.3 is 0 Å². The van der Waals surface area contributed by atoms with Gasteiger partial charge in [-0.25, -0.2) is 15.0 Å². The highest BCUT2D eigenvalue weighted by Crippen LogP contribution is 2.28. The van der Waals surface area contributed by atoms with Gasteiger partial charge in [-0.1, -0.05) is 51.1 Å². The Bertz CT molecular complexity index is 1150. The van der Waals surface area contributed by atoms with Crippen molar-refractivity contribution in [2.45, 2.75) is 46.4 Å². The molecular formula is C25H31N7O2. The quantitative estimate of drug-likeness (QED) is 0.583. The van der Waals surface area contributed by atoms with Crippen molar-refractivity contribution >= 4 is 11.8 Å². The predicted molar refractivity (Wildman–Crippen MR) is 129 cm³/mol. The van der Waals surface area contributed by atoms with Crippen molar-refractivity contribution in [1.82, 2.24) is 35.1 Å². The number of aromatic nitrogens is 4. The molecule has 2 aromatic heterocycles. The number of likely N-dealkylation sites (N-methyl/N-ethyl adjacent to an activating group) is 1. The molecule has 34 heavy (non-hydrogen) atoms. The number of nitrogens with zero attached hydrogens (tertiary/aromatic N) is 5. The maximum absolute atomic E-state index is 13.5. The van der Waals surface area contributed by atoms with E-state index < -0.39 is 11.5 Å². The third kappa shape index (κ3) is 4.99. The van der Waals surface area contributed by atoms with Gasteiger partial charge in [-0.3, -0.25) is 14.5 Å². The maximum atomic E-state index is 13.5. The highest BCUT2D eigenvalue weighted by molar-refractivity contribution is 5.97. The van der Waals surface area contributed by atoms with Crippen LogP contribution in [-0.2, 0) is 24.4 Å². The predicted octanol–water partition coefficient (Wildman–Crippen LogP) is 2.25. The first kappa shape index (κ1) is 23.6. The van der Waals surface area contributed by atoms with Crippen molar-refractivity contribution in [3.8, 4) is 11.4 Å². The van der Waals surface area contributed by atoms with Crippen LogP contribution in [0.4, 0.5) is 0 Å². The summed E-state index contributed by atoms with van der Waals surface area (Å²) < 4.78 is 2.12. The second-order valence-electron chi connectivity index (χ2n) is 9.59. The smallest absolute Gasteiger partial charge is 0.272 e. The lowest BCUT2D eigenvalue weighted by molar-refractivity contribution is -0.124. The van der Waals surface area contributed by atoms with E-state index in [0.29, 0.717) is 25.3 Å². The first-order valence-corrected chi connectivity index (χ1v) is 11.4. The molecule has 0 fully saturated rings. The van der Waals surface area contributed by atoms with E-state index in [1.807, 2.05) is 51.1 Å². The normalized spacial score (nSPS) is 14.8. The molecule has 9 heteroatoms. The third-order valence-corrected chi connectivity index (χ3v) is 6.00. The summed E-state index contributed by atoms with van der Waals surface area (Å²) in [6, 6.07) is 9.17. The van der Waals surface area contributed by atoms with Crippen LogP contribution in [0.5, 0.6) is 0 Å². The van der Waals surface area contributed by atoms with Gasteiger partial charge in [0.15, 0.2) is 5.69 Å². The minimum Gasteiger partial charge on any atom is -0.357 e. The molecule has 2 N–H and O–H groups in total. The summed E-state index contributed by atoms with van der Waals surface area (Å²) in [6.45, 7) is 8.51. The standard InChI is InChI=1S/C25H31N7O2/c1-25(2,3)21(24(34)26-4)30-23(33)20-19-15-31(14-17-12-27-16-28-13-17)10-11-32(19)22(29-20)18-8-6-5-7-9-18/h5-9,12-13,16,21H,10-11,14-15H2,1-4H3,(H,26,34)(H,30,33). The van der Waals surface area contributed by atoms with Gasteiger partial charge in [-0.05, 0) is 5.41 Å². The van der Waals surface area contributed by atoms with Crippen molar-refractivity contribution in [2.75, 3.05) is 13.6 Å². The van der Waals surface area contributed by atoms with E-state index in [0.717, 1.165) is 29.2 Å². The molecule has 1 aromatic carbocycles. The van der Waals surface area contributed by atoms with Gasteiger partial charge in [-0.2, -0.15) is 0 Å². The molecule has 9 nitrogen and oxygen atoms in total. The zero-order chi connectivity index (χ0) is 24.3. The largest absolute Gasteiger partial charge is 0.357 e. The number of nitrogens with one attached hydrogen (secondary N) is 2. The van der Waals surface area contributed by atoms with E-state index >= 15 is 0 Å². The Morgan fingerprint density at radius 3 is 2.44 bits per heavy atom. The van der Waals surface area contributed by atoms with Crippen molar-refractivity contribution in [1.29, 1.82) is 0 Å². The molecule has 1 aliphatic heterocycles. The number of carbonyl (C=O) groups excluding carboxylic acids is 2. The van der Waals surface area contributed by atoms with E-state index in [2.05, 4.69) is 30.1 Å². The number of benzene rings is 1. The van der Waals surface area contributed by atoms with Crippen LogP contribution in [0.25, 0.3) is 11.4 Å². The Labute approximate surface area is 199 Å². The molecule has 0 bridgehead atoms. The molecule has 2 amide bonds. The molecule has 1 aliphatic rings. The monoisotopic (exact) mass is 461 g/mol. The van der Waals surface area contributed by atoms with Crippen LogP contribution in [0.15, 0.2) is 49.1 Å². The fraction of sp³-hybridized carbons (Fsp3) is 0.400. The van der Waals surface area contributed by atoms with Crippen LogP contribution in [0.1, 0.15) is 42.5 Å². The molecule has 0 radical (unpaired) electrons. The fourth-order valence-corrected chi connectivity index (χ4v) is 4.23. The zero-order valence-corrected chi connectivity index (χ0v) is 20.1. The maximum Gasteiger partial charge on any atom is 0.272 e. The van der Waals surface area contributed by atoms with Crippen molar-refractivity contribution in [3.05, 3.63) is 66.0 Å². The number of hydrogen-bond donors (Lipinski definition) is 2. The molecule has 3 aromatic rings. The van der Waals surface area contributed by atoms with Crippen LogP contribution in [0.3, 0.4) is 0 Å². The number of fused-ring (bicyclic) bond motifs is 1. The SMILES string of the molecule is CNC(=O)C(NC(=O)c1nc(-c2ccccc2)n2c1CN(Cc1cncnc1)CC2)C(C)(C)C. The number of rotatable bonds is 6. The fourth-order valence-electron chi connectivity index (χ4n) is 4.23. The van der Waals surface area contributed by atoms with Crippen molar-refractivity contribution in [2.24, 2.45) is 5.41 Å². The minimum absolute atomic E-state index is 0.233. The van der Waals surface area contributed by atoms with Gasteiger partial charge < -0.3 is 15.2 Å². The number of amides is 2. The summed E-state index contributed by atoms with van der Waals surface area (Å²) in [5, 5.41) is 5.59. The van der Waals surface area contributed by atoms with Gasteiger partial charge in [0, 0.05) is 56.7 Å². The van der Waals surface area contributed by atoms with Gasteiger partial charge in [0.05, 0.1) is 5.69 Å². The third-order valence-electron chi connectivity index (χ3n) is 6.00.